The van der Waals surface area contributed by atoms with E-state index in [-0.39, 0.29) is 43.1 Å². The molecular formula is C30H40N4O6. The Labute approximate surface area is 235 Å². The Morgan fingerprint density at radius 1 is 0.950 bits per heavy atom. The van der Waals surface area contributed by atoms with Gasteiger partial charge in [-0.05, 0) is 88.9 Å². The molecule has 0 bridgehead atoms. The van der Waals surface area contributed by atoms with Gasteiger partial charge in [-0.2, -0.15) is 0 Å². The number of nitrogens with one attached hydrogen (secondary N) is 3. The fraction of sp³-hybridized carbons (Fsp3) is 0.467. The molecule has 2 aromatic rings. The minimum atomic E-state index is -0.588. The van der Waals surface area contributed by atoms with Crippen LogP contribution in [0, 0.1) is 0 Å². The number of hydrogen-bond donors (Lipinski definition) is 3. The average molecular weight is 553 g/mol. The molecule has 0 radical (unpaired) electrons. The van der Waals surface area contributed by atoms with Crippen LogP contribution in [0.5, 0.6) is 0 Å². The first kappa shape index (κ1) is 30.5. The molecule has 2 atom stereocenters. The first-order chi connectivity index (χ1) is 18.7. The lowest BCUT2D eigenvalue weighted by atomic mass is 9.89. The van der Waals surface area contributed by atoms with Crippen molar-refractivity contribution in [3.63, 3.8) is 0 Å². The summed E-state index contributed by atoms with van der Waals surface area (Å²) in [4.78, 5) is 50.9. The molecule has 2 aromatic carbocycles. The zero-order chi connectivity index (χ0) is 29.6. The van der Waals surface area contributed by atoms with Crippen LogP contribution in [0.1, 0.15) is 76.9 Å². The van der Waals surface area contributed by atoms with Gasteiger partial charge in [0.05, 0.1) is 12.1 Å². The summed E-state index contributed by atoms with van der Waals surface area (Å²) in [6, 6.07) is 12.5. The quantitative estimate of drug-likeness (QED) is 0.418. The van der Waals surface area contributed by atoms with E-state index in [4.69, 9.17) is 9.47 Å². The molecule has 4 amide bonds. The topological polar surface area (TPSA) is 126 Å². The molecule has 1 aliphatic rings. The second-order valence-electron chi connectivity index (χ2n) is 11.2. The molecule has 0 aromatic heterocycles. The van der Waals surface area contributed by atoms with Gasteiger partial charge in [0.15, 0.2) is 0 Å². The summed E-state index contributed by atoms with van der Waals surface area (Å²) in [5.41, 5.74) is 3.23. The molecule has 0 spiro atoms. The SMILES string of the molecule is CC(=O)N1c2ccc(-c3ccc(C(=O)NCCNC(=O)OC(C)(C)C)cc3)cc2C(NC(=O)OC(C)C)CC1C. The number of hydrogen-bond acceptors (Lipinski definition) is 6. The zero-order valence-corrected chi connectivity index (χ0v) is 24.3. The second kappa shape index (κ2) is 12.8. The minimum Gasteiger partial charge on any atom is -0.447 e. The predicted molar refractivity (Wildman–Crippen MR) is 153 cm³/mol. The van der Waals surface area contributed by atoms with Gasteiger partial charge in [0.1, 0.15) is 5.60 Å². The lowest BCUT2D eigenvalue weighted by Crippen LogP contribution is -2.45. The molecule has 0 saturated heterocycles. The highest BCUT2D eigenvalue weighted by Gasteiger charge is 2.33. The van der Waals surface area contributed by atoms with Crippen LogP contribution in [0.2, 0.25) is 0 Å². The van der Waals surface area contributed by atoms with E-state index >= 15 is 0 Å². The molecule has 3 rings (SSSR count). The van der Waals surface area contributed by atoms with Crippen molar-refractivity contribution < 1.29 is 28.7 Å². The summed E-state index contributed by atoms with van der Waals surface area (Å²) < 4.78 is 10.5. The van der Waals surface area contributed by atoms with Crippen molar-refractivity contribution in [1.82, 2.24) is 16.0 Å². The molecule has 216 valence electrons. The van der Waals surface area contributed by atoms with Crippen LogP contribution < -0.4 is 20.9 Å². The maximum Gasteiger partial charge on any atom is 0.407 e. The number of carbonyl (C=O) groups excluding carboxylic acids is 4. The molecule has 3 N–H and O–H groups in total. The number of amides is 4. The van der Waals surface area contributed by atoms with Gasteiger partial charge >= 0.3 is 12.2 Å². The van der Waals surface area contributed by atoms with Crippen LogP contribution in [-0.4, -0.2) is 54.8 Å². The van der Waals surface area contributed by atoms with E-state index in [1.807, 2.05) is 37.3 Å². The number of rotatable bonds is 7. The number of fused-ring (bicyclic) bond motifs is 1. The summed E-state index contributed by atoms with van der Waals surface area (Å²) in [6.45, 7) is 12.9. The largest absolute Gasteiger partial charge is 0.447 e. The van der Waals surface area contributed by atoms with E-state index in [1.54, 1.807) is 51.7 Å². The molecule has 1 aliphatic heterocycles. The Kier molecular flexibility index (Phi) is 9.78. The number of alkyl carbamates (subject to hydrolysis) is 2. The Bertz CT molecular complexity index is 1240. The Morgan fingerprint density at radius 3 is 2.17 bits per heavy atom. The third-order valence-electron chi connectivity index (χ3n) is 6.21. The fourth-order valence-electron chi connectivity index (χ4n) is 4.62. The van der Waals surface area contributed by atoms with Crippen LogP contribution in [0.25, 0.3) is 11.1 Å². The van der Waals surface area contributed by atoms with Crippen LogP contribution >= 0.6 is 0 Å². The van der Waals surface area contributed by atoms with Gasteiger partial charge in [0.2, 0.25) is 5.91 Å². The molecule has 0 saturated carbocycles. The van der Waals surface area contributed by atoms with Gasteiger partial charge in [-0.3, -0.25) is 9.59 Å². The first-order valence-electron chi connectivity index (χ1n) is 13.5. The monoisotopic (exact) mass is 552 g/mol. The average Bonchev–Trinajstić information content (AvgIpc) is 2.84. The summed E-state index contributed by atoms with van der Waals surface area (Å²) in [6.07, 6.45) is -0.745. The molecule has 40 heavy (non-hydrogen) atoms. The highest BCUT2D eigenvalue weighted by Crippen LogP contribution is 2.39. The summed E-state index contributed by atoms with van der Waals surface area (Å²) in [7, 11) is 0. The molecule has 10 nitrogen and oxygen atoms in total. The summed E-state index contributed by atoms with van der Waals surface area (Å²) in [5.74, 6) is -0.330. The summed E-state index contributed by atoms with van der Waals surface area (Å²) in [5, 5.41) is 8.33. The van der Waals surface area contributed by atoms with Gasteiger partial charge < -0.3 is 30.3 Å². The molecule has 10 heteroatoms. The van der Waals surface area contributed by atoms with Crippen LogP contribution in [0.15, 0.2) is 42.5 Å². The van der Waals surface area contributed by atoms with Gasteiger partial charge in [-0.15, -0.1) is 0 Å². The van der Waals surface area contributed by atoms with Gasteiger partial charge in [0, 0.05) is 37.3 Å². The van der Waals surface area contributed by atoms with E-state index in [0.717, 1.165) is 22.4 Å². The van der Waals surface area contributed by atoms with Crippen molar-refractivity contribution in [2.45, 2.75) is 78.7 Å². The normalized spacial score (nSPS) is 16.6. The maximum absolute atomic E-state index is 12.6. The number of nitrogens with zero attached hydrogens (tertiary/aromatic N) is 1. The first-order valence-corrected chi connectivity index (χ1v) is 13.5. The Hall–Kier alpha value is -4.08. The van der Waals surface area contributed by atoms with Crippen molar-refractivity contribution in [1.29, 1.82) is 0 Å². The number of ether oxygens (including phenoxy) is 2. The molecule has 2 unspecified atom stereocenters. The third-order valence-corrected chi connectivity index (χ3v) is 6.21. The Balaban J connectivity index is 1.72. The second-order valence-corrected chi connectivity index (χ2v) is 11.2. The van der Waals surface area contributed by atoms with E-state index in [1.165, 1.54) is 6.92 Å². The van der Waals surface area contributed by atoms with Crippen molar-refractivity contribution in [3.05, 3.63) is 53.6 Å². The zero-order valence-electron chi connectivity index (χ0n) is 24.3. The smallest absolute Gasteiger partial charge is 0.407 e. The van der Waals surface area contributed by atoms with Crippen molar-refractivity contribution in [2.75, 3.05) is 18.0 Å². The molecule has 1 heterocycles. The van der Waals surface area contributed by atoms with Gasteiger partial charge in [-0.1, -0.05) is 18.2 Å². The third kappa shape index (κ3) is 8.21. The lowest BCUT2D eigenvalue weighted by Gasteiger charge is -2.39. The highest BCUT2D eigenvalue weighted by atomic mass is 16.6. The standard InChI is InChI=1S/C30H40N4O6/c1-18(2)39-29(38)33-25-16-19(3)34(20(4)35)26-13-12-23(17-24(25)26)21-8-10-22(11-9-21)27(36)31-14-15-32-28(37)40-30(5,6)7/h8-13,17-19,25H,14-16H2,1-7H3,(H,31,36)(H,32,37)(H,33,38). The lowest BCUT2D eigenvalue weighted by molar-refractivity contribution is -0.117. The van der Waals surface area contributed by atoms with Crippen molar-refractivity contribution in [3.8, 4) is 11.1 Å². The fourth-order valence-corrected chi connectivity index (χ4v) is 4.62. The molecule has 0 aliphatic carbocycles. The minimum absolute atomic E-state index is 0.0682. The molecular weight excluding hydrogens is 512 g/mol. The van der Waals surface area contributed by atoms with Crippen LogP contribution in [0.4, 0.5) is 15.3 Å². The maximum atomic E-state index is 12.6. The van der Waals surface area contributed by atoms with E-state index in [2.05, 4.69) is 16.0 Å². The van der Waals surface area contributed by atoms with Crippen LogP contribution in [0.3, 0.4) is 0 Å². The number of benzene rings is 2. The summed E-state index contributed by atoms with van der Waals surface area (Å²) >= 11 is 0. The van der Waals surface area contributed by atoms with E-state index in [0.29, 0.717) is 12.0 Å². The molecule has 0 fully saturated rings. The highest BCUT2D eigenvalue weighted by molar-refractivity contribution is 5.95. The van der Waals surface area contributed by atoms with Crippen molar-refractivity contribution >= 4 is 29.7 Å². The van der Waals surface area contributed by atoms with Crippen LogP contribution in [-0.2, 0) is 14.3 Å². The predicted octanol–water partition coefficient (Wildman–Crippen LogP) is 4.93. The van der Waals surface area contributed by atoms with Crippen molar-refractivity contribution in [2.24, 2.45) is 0 Å². The van der Waals surface area contributed by atoms with Gasteiger partial charge in [0.25, 0.3) is 5.91 Å². The van der Waals surface area contributed by atoms with Gasteiger partial charge in [-0.25, -0.2) is 9.59 Å². The van der Waals surface area contributed by atoms with E-state index in [9.17, 15) is 19.2 Å². The Morgan fingerprint density at radius 2 is 1.57 bits per heavy atom. The van der Waals surface area contributed by atoms with E-state index < -0.39 is 17.8 Å². The number of carbonyl (C=O) groups is 4. The number of anilines is 1.